The number of amides is 2. The molecule has 5 rings (SSSR count). The first-order valence-corrected chi connectivity index (χ1v) is 15.3. The molecule has 1 aliphatic rings. The number of nitrogens with zero attached hydrogens (tertiary/aromatic N) is 8. The van der Waals surface area contributed by atoms with Crippen molar-refractivity contribution in [3.05, 3.63) is 96.6 Å². The summed E-state index contributed by atoms with van der Waals surface area (Å²) in [6.07, 6.45) is 9.18. The lowest BCUT2D eigenvalue weighted by Crippen LogP contribution is -2.37. The number of hydroxylamine groups is 1. The number of carbonyl (C=O) groups excluding carboxylic acids is 2. The molecule has 0 fully saturated rings. The van der Waals surface area contributed by atoms with Crippen LogP contribution < -0.4 is 5.48 Å². The molecular weight excluding hydrogens is 620 g/mol. The summed E-state index contributed by atoms with van der Waals surface area (Å²) in [4.78, 5) is 38.7. The summed E-state index contributed by atoms with van der Waals surface area (Å²) in [5.74, 6) is -1.26. The molecule has 0 bridgehead atoms. The molecule has 1 aliphatic heterocycles. The van der Waals surface area contributed by atoms with Crippen molar-refractivity contribution in [3.63, 3.8) is 0 Å². The van der Waals surface area contributed by atoms with Crippen LogP contribution in [-0.2, 0) is 34.7 Å². The van der Waals surface area contributed by atoms with Crippen molar-refractivity contribution in [3.8, 4) is 0 Å². The van der Waals surface area contributed by atoms with Crippen LogP contribution in [-0.4, -0.2) is 68.3 Å². The van der Waals surface area contributed by atoms with Crippen LogP contribution >= 0.6 is 11.8 Å². The summed E-state index contributed by atoms with van der Waals surface area (Å²) in [6.45, 7) is -0.148. The Morgan fingerprint density at radius 1 is 0.957 bits per heavy atom. The lowest BCUT2D eigenvalue weighted by molar-refractivity contribution is -0.129. The maximum absolute atomic E-state index is 14.1. The summed E-state index contributed by atoms with van der Waals surface area (Å²) in [5.41, 5.74) is 1.85. The number of hydrogen-bond donors (Lipinski definition) is 3. The van der Waals surface area contributed by atoms with Gasteiger partial charge in [-0.25, -0.2) is 38.6 Å². The highest BCUT2D eigenvalue weighted by Crippen LogP contribution is 2.28. The van der Waals surface area contributed by atoms with Crippen molar-refractivity contribution in [2.24, 2.45) is 9.98 Å². The average molecular weight is 654 g/mol. The van der Waals surface area contributed by atoms with Gasteiger partial charge in [-0.3, -0.25) is 14.8 Å². The summed E-state index contributed by atoms with van der Waals surface area (Å²) in [6, 6.07) is 13.0. The Kier molecular flexibility index (Phi) is 12.7. The predicted molar refractivity (Wildman–Crippen MR) is 166 cm³/mol. The number of unbranched alkanes of at least 4 members (excludes halogenated alkanes) is 2. The van der Waals surface area contributed by atoms with E-state index in [0.29, 0.717) is 18.0 Å². The van der Waals surface area contributed by atoms with Gasteiger partial charge in [-0.1, -0.05) is 54.6 Å². The molecule has 16 heteroatoms. The molecule has 13 nitrogen and oxygen atoms in total. The van der Waals surface area contributed by atoms with E-state index >= 15 is 0 Å². The van der Waals surface area contributed by atoms with E-state index in [1.54, 1.807) is 5.48 Å². The maximum Gasteiger partial charge on any atom is 0.253 e. The number of hydrogen-bond acceptors (Lipinski definition) is 10. The number of aromatic nitrogens is 6. The van der Waals surface area contributed by atoms with Crippen LogP contribution in [0.4, 0.5) is 8.78 Å². The van der Waals surface area contributed by atoms with E-state index in [4.69, 9.17) is 5.21 Å². The molecule has 0 unspecified atom stereocenters. The SMILES string of the molecule is O=C1CC(Cc2ccccc2)=NC(SCCCCCC(=O)NO)=N1.OC(Cn1cncn1)(Cn1cncn1)c1ccc(F)cc1F. The van der Waals surface area contributed by atoms with Crippen molar-refractivity contribution < 1.29 is 28.7 Å². The van der Waals surface area contributed by atoms with Crippen molar-refractivity contribution in [2.75, 3.05) is 5.75 Å². The molecule has 0 aliphatic carbocycles. The fourth-order valence-corrected chi connectivity index (χ4v) is 5.45. The summed E-state index contributed by atoms with van der Waals surface area (Å²) in [7, 11) is 0. The molecule has 0 saturated heterocycles. The first-order valence-electron chi connectivity index (χ1n) is 14.3. The lowest BCUT2D eigenvalue weighted by Gasteiger charge is -2.28. The smallest absolute Gasteiger partial charge is 0.253 e. The molecule has 2 aromatic carbocycles. The second-order valence-corrected chi connectivity index (χ2v) is 11.4. The van der Waals surface area contributed by atoms with Gasteiger partial charge in [0.05, 0.1) is 19.5 Å². The Balaban J connectivity index is 0.000000209. The van der Waals surface area contributed by atoms with Gasteiger partial charge >= 0.3 is 0 Å². The van der Waals surface area contributed by atoms with Crippen molar-refractivity contribution >= 4 is 34.5 Å². The third-order valence-corrected chi connectivity index (χ3v) is 7.63. The molecule has 3 N–H and O–H groups in total. The van der Waals surface area contributed by atoms with Crippen LogP contribution in [0.3, 0.4) is 0 Å². The van der Waals surface area contributed by atoms with Gasteiger partial charge in [0, 0.05) is 35.9 Å². The molecule has 0 saturated carbocycles. The highest BCUT2D eigenvalue weighted by molar-refractivity contribution is 8.13. The fourth-order valence-electron chi connectivity index (χ4n) is 4.55. The van der Waals surface area contributed by atoms with E-state index in [1.165, 1.54) is 52.5 Å². The fraction of sp³-hybridized carbons (Fsp3) is 0.333. The lowest BCUT2D eigenvalue weighted by atomic mass is 9.93. The molecule has 4 aromatic rings. The second-order valence-electron chi connectivity index (χ2n) is 10.3. The zero-order valence-corrected chi connectivity index (χ0v) is 25.6. The standard InChI is InChI=1S/C17H21N3O3S.C13H12F2N6O/c21-15(20-23)9-5-2-6-10-24-17-18-14(12-16(22)19-17)11-13-7-3-1-4-8-13;14-10-1-2-11(12(15)3-10)13(22,4-20-8-16-6-18-20)5-21-9-17-7-19-21/h1,3-4,7-8,23H,2,5-6,9-12H2,(H,20,21);1-3,6-9,22H,4-5H2. The van der Waals surface area contributed by atoms with Crippen molar-refractivity contribution in [1.29, 1.82) is 0 Å². The van der Waals surface area contributed by atoms with Crippen LogP contribution in [0, 0.1) is 11.6 Å². The van der Waals surface area contributed by atoms with E-state index in [-0.39, 0.29) is 36.9 Å². The van der Waals surface area contributed by atoms with Crippen molar-refractivity contribution in [2.45, 2.75) is 57.2 Å². The second kappa shape index (κ2) is 17.1. The average Bonchev–Trinajstić information content (AvgIpc) is 3.74. The van der Waals surface area contributed by atoms with Crippen LogP contribution in [0.2, 0.25) is 0 Å². The molecular formula is C30H33F2N9O4S. The number of nitrogens with one attached hydrogen (secondary N) is 1. The third-order valence-electron chi connectivity index (χ3n) is 6.70. The zero-order chi connectivity index (χ0) is 32.8. The minimum Gasteiger partial charge on any atom is -0.381 e. The van der Waals surface area contributed by atoms with Gasteiger partial charge in [0.1, 0.15) is 42.5 Å². The molecule has 2 aromatic heterocycles. The predicted octanol–water partition coefficient (Wildman–Crippen LogP) is 3.49. The molecule has 46 heavy (non-hydrogen) atoms. The van der Waals surface area contributed by atoms with Gasteiger partial charge in [0.2, 0.25) is 5.91 Å². The van der Waals surface area contributed by atoms with Gasteiger partial charge in [0.15, 0.2) is 5.17 Å². The number of amidine groups is 1. The third kappa shape index (κ3) is 10.7. The Labute approximate surface area is 267 Å². The molecule has 0 atom stereocenters. The van der Waals surface area contributed by atoms with E-state index in [9.17, 15) is 23.5 Å². The van der Waals surface area contributed by atoms with Crippen LogP contribution in [0.15, 0.2) is 83.8 Å². The summed E-state index contributed by atoms with van der Waals surface area (Å²) in [5, 5.41) is 27.7. The highest BCUT2D eigenvalue weighted by atomic mass is 32.2. The minimum absolute atomic E-state index is 0.0556. The number of thioether (sulfide) groups is 1. The minimum atomic E-state index is -1.70. The molecule has 3 heterocycles. The van der Waals surface area contributed by atoms with Gasteiger partial charge in [-0.2, -0.15) is 15.2 Å². The van der Waals surface area contributed by atoms with Gasteiger partial charge in [-0.15, -0.1) is 0 Å². The quantitative estimate of drug-likeness (QED) is 0.111. The van der Waals surface area contributed by atoms with E-state index in [0.717, 1.165) is 48.4 Å². The summed E-state index contributed by atoms with van der Waals surface area (Å²) < 4.78 is 29.9. The van der Waals surface area contributed by atoms with Crippen LogP contribution in [0.25, 0.3) is 0 Å². The number of halogens is 2. The van der Waals surface area contributed by atoms with Crippen LogP contribution in [0.5, 0.6) is 0 Å². The molecule has 0 spiro atoms. The topological polar surface area (TPSA) is 173 Å². The largest absolute Gasteiger partial charge is 0.381 e. The van der Waals surface area contributed by atoms with Gasteiger partial charge < -0.3 is 5.11 Å². The molecule has 0 radical (unpaired) electrons. The monoisotopic (exact) mass is 653 g/mol. The van der Waals surface area contributed by atoms with E-state index < -0.39 is 17.2 Å². The number of carbonyl (C=O) groups is 2. The van der Waals surface area contributed by atoms with Crippen LogP contribution in [0.1, 0.15) is 43.2 Å². The highest BCUT2D eigenvalue weighted by Gasteiger charge is 2.34. The number of aliphatic imine (C=N–C) groups is 2. The zero-order valence-electron chi connectivity index (χ0n) is 24.7. The van der Waals surface area contributed by atoms with Gasteiger partial charge in [0.25, 0.3) is 5.91 Å². The first kappa shape index (κ1) is 34.2. The Morgan fingerprint density at radius 3 is 2.26 bits per heavy atom. The maximum atomic E-state index is 14.1. The first-order chi connectivity index (χ1) is 22.2. The molecule has 242 valence electrons. The Hall–Kier alpha value is -4.67. The number of rotatable bonds is 13. The summed E-state index contributed by atoms with van der Waals surface area (Å²) >= 11 is 1.47. The normalized spacial score (nSPS) is 13.0. The Bertz CT molecular complexity index is 1580. The Morgan fingerprint density at radius 2 is 1.65 bits per heavy atom. The number of benzene rings is 2. The van der Waals surface area contributed by atoms with E-state index in [2.05, 4.69) is 30.2 Å². The van der Waals surface area contributed by atoms with Gasteiger partial charge in [-0.05, 0) is 24.5 Å². The molecule has 2 amide bonds. The van der Waals surface area contributed by atoms with Crippen molar-refractivity contribution in [1.82, 2.24) is 35.0 Å². The number of aliphatic hydroxyl groups is 1. The van der Waals surface area contributed by atoms with E-state index in [1.807, 2.05) is 30.3 Å².